The van der Waals surface area contributed by atoms with E-state index >= 15 is 0 Å². The van der Waals surface area contributed by atoms with Gasteiger partial charge in [0.2, 0.25) is 0 Å². The second-order valence-electron chi connectivity index (χ2n) is 4.49. The minimum atomic E-state index is -1.39. The Bertz CT molecular complexity index is 478. The lowest BCUT2D eigenvalue weighted by Crippen LogP contribution is -2.36. The number of aliphatic hydroxyl groups excluding tert-OH is 1. The lowest BCUT2D eigenvalue weighted by Gasteiger charge is -2.35. The molecule has 2 unspecified atom stereocenters. The van der Waals surface area contributed by atoms with Crippen molar-refractivity contribution in [3.05, 3.63) is 35.4 Å². The van der Waals surface area contributed by atoms with Crippen LogP contribution in [-0.4, -0.2) is 18.3 Å². The zero-order chi connectivity index (χ0) is 13.2. The molecule has 1 fully saturated rings. The molecule has 0 aromatic heterocycles. The molecule has 0 radical (unpaired) electrons. The molecule has 1 aromatic rings. The van der Waals surface area contributed by atoms with E-state index in [-0.39, 0.29) is 12.2 Å². The Labute approximate surface area is 104 Å². The molecule has 2 atom stereocenters. The Morgan fingerprint density at radius 1 is 1.44 bits per heavy atom. The first kappa shape index (κ1) is 12.9. The van der Waals surface area contributed by atoms with Gasteiger partial charge < -0.3 is 9.84 Å². The van der Waals surface area contributed by atoms with Gasteiger partial charge in [0.1, 0.15) is 23.2 Å². The third-order valence-electron chi connectivity index (χ3n) is 3.27. The van der Waals surface area contributed by atoms with Crippen LogP contribution in [0.5, 0.6) is 0 Å². The van der Waals surface area contributed by atoms with E-state index in [2.05, 4.69) is 0 Å². The molecule has 1 heterocycles. The summed E-state index contributed by atoms with van der Waals surface area (Å²) in [5.74, 6) is -1.36. The second kappa shape index (κ2) is 5.01. The third kappa shape index (κ3) is 2.22. The van der Waals surface area contributed by atoms with Gasteiger partial charge in [0.05, 0.1) is 12.7 Å². The summed E-state index contributed by atoms with van der Waals surface area (Å²) >= 11 is 0. The molecule has 5 heteroatoms. The Balaban J connectivity index is 2.37. The molecular formula is C13H13F2NO2. The number of halogens is 2. The van der Waals surface area contributed by atoms with Crippen molar-refractivity contribution >= 4 is 0 Å². The number of nitriles is 1. The van der Waals surface area contributed by atoms with E-state index in [0.29, 0.717) is 19.4 Å². The summed E-state index contributed by atoms with van der Waals surface area (Å²) in [5, 5.41) is 19.4. The first-order valence-corrected chi connectivity index (χ1v) is 5.71. The van der Waals surface area contributed by atoms with Crippen LogP contribution in [0.4, 0.5) is 8.78 Å². The fourth-order valence-corrected chi connectivity index (χ4v) is 2.20. The Morgan fingerprint density at radius 3 is 2.83 bits per heavy atom. The highest BCUT2D eigenvalue weighted by Gasteiger charge is 2.42. The van der Waals surface area contributed by atoms with E-state index in [1.165, 1.54) is 0 Å². The van der Waals surface area contributed by atoms with Crippen LogP contribution in [0, 0.1) is 28.4 Å². The molecule has 1 aromatic carbocycles. The summed E-state index contributed by atoms with van der Waals surface area (Å²) in [7, 11) is 0. The molecule has 1 aliphatic heterocycles. The van der Waals surface area contributed by atoms with Crippen molar-refractivity contribution in [2.45, 2.75) is 18.9 Å². The van der Waals surface area contributed by atoms with Crippen molar-refractivity contribution in [1.82, 2.24) is 0 Å². The van der Waals surface area contributed by atoms with E-state index in [4.69, 9.17) is 4.74 Å². The predicted molar refractivity (Wildman–Crippen MR) is 59.4 cm³/mol. The fourth-order valence-electron chi connectivity index (χ4n) is 2.20. The predicted octanol–water partition coefficient (Wildman–Crippen LogP) is 2.32. The maximum Gasteiger partial charge on any atom is 0.129 e. The Morgan fingerprint density at radius 2 is 2.22 bits per heavy atom. The van der Waals surface area contributed by atoms with Crippen LogP contribution in [0.2, 0.25) is 0 Å². The number of nitrogens with zero attached hydrogens (tertiary/aromatic N) is 1. The maximum atomic E-state index is 13.6. The summed E-state index contributed by atoms with van der Waals surface area (Å²) in [5.41, 5.74) is -1.39. The van der Waals surface area contributed by atoms with Crippen molar-refractivity contribution < 1.29 is 18.6 Å². The van der Waals surface area contributed by atoms with E-state index < -0.39 is 23.2 Å². The maximum absolute atomic E-state index is 13.6. The summed E-state index contributed by atoms with van der Waals surface area (Å²) in [6, 6.07) is 4.84. The lowest BCUT2D eigenvalue weighted by molar-refractivity contribution is -0.0518. The summed E-state index contributed by atoms with van der Waals surface area (Å²) in [4.78, 5) is 0. The molecular weight excluding hydrogens is 240 g/mol. The Kier molecular flexibility index (Phi) is 3.60. The number of ether oxygens (including phenoxy) is 1. The average molecular weight is 253 g/mol. The van der Waals surface area contributed by atoms with Gasteiger partial charge in [0, 0.05) is 12.2 Å². The van der Waals surface area contributed by atoms with Crippen LogP contribution in [-0.2, 0) is 4.74 Å². The largest absolute Gasteiger partial charge is 0.387 e. The van der Waals surface area contributed by atoms with Crippen LogP contribution >= 0.6 is 0 Å². The van der Waals surface area contributed by atoms with Gasteiger partial charge in [0.25, 0.3) is 0 Å². The number of hydrogen-bond acceptors (Lipinski definition) is 3. The van der Waals surface area contributed by atoms with Crippen molar-refractivity contribution in [3.63, 3.8) is 0 Å². The highest BCUT2D eigenvalue weighted by atomic mass is 19.1. The van der Waals surface area contributed by atoms with Gasteiger partial charge in [-0.1, -0.05) is 0 Å². The molecule has 0 spiro atoms. The number of rotatable bonds is 2. The topological polar surface area (TPSA) is 53.2 Å². The van der Waals surface area contributed by atoms with Crippen LogP contribution in [0.1, 0.15) is 24.5 Å². The van der Waals surface area contributed by atoms with E-state index in [1.807, 2.05) is 6.07 Å². The van der Waals surface area contributed by atoms with Gasteiger partial charge in [-0.05, 0) is 31.0 Å². The zero-order valence-corrected chi connectivity index (χ0v) is 9.70. The molecule has 96 valence electrons. The molecule has 0 saturated carbocycles. The molecule has 2 rings (SSSR count). The molecule has 0 aliphatic carbocycles. The lowest BCUT2D eigenvalue weighted by atomic mass is 9.76. The van der Waals surface area contributed by atoms with Crippen LogP contribution in [0.3, 0.4) is 0 Å². The minimum Gasteiger partial charge on any atom is -0.387 e. The van der Waals surface area contributed by atoms with E-state index in [0.717, 1.165) is 18.2 Å². The highest BCUT2D eigenvalue weighted by molar-refractivity contribution is 5.26. The van der Waals surface area contributed by atoms with Crippen molar-refractivity contribution in [2.75, 3.05) is 13.2 Å². The van der Waals surface area contributed by atoms with Gasteiger partial charge in [-0.2, -0.15) is 5.26 Å². The fraction of sp³-hybridized carbons (Fsp3) is 0.462. The molecule has 3 nitrogen and oxygen atoms in total. The molecule has 1 saturated heterocycles. The summed E-state index contributed by atoms with van der Waals surface area (Å²) < 4.78 is 31.9. The molecule has 18 heavy (non-hydrogen) atoms. The quantitative estimate of drug-likeness (QED) is 0.880. The normalized spacial score (nSPS) is 25.4. The monoisotopic (exact) mass is 253 g/mol. The minimum absolute atomic E-state index is 0.0284. The molecule has 0 bridgehead atoms. The van der Waals surface area contributed by atoms with Crippen LogP contribution in [0.25, 0.3) is 0 Å². The van der Waals surface area contributed by atoms with Gasteiger partial charge in [-0.15, -0.1) is 0 Å². The van der Waals surface area contributed by atoms with E-state index in [9.17, 15) is 19.1 Å². The number of hydrogen-bond donors (Lipinski definition) is 1. The number of benzene rings is 1. The standard InChI is InChI=1S/C13H13F2NO2/c14-9-2-3-11(15)10(6-9)12(17)13(7-16)4-1-5-18-8-13/h2-3,6,12,17H,1,4-5,8H2. The van der Waals surface area contributed by atoms with Crippen LogP contribution < -0.4 is 0 Å². The van der Waals surface area contributed by atoms with Gasteiger partial charge in [-0.3, -0.25) is 0 Å². The average Bonchev–Trinajstić information content (AvgIpc) is 2.41. The molecule has 1 aliphatic rings. The zero-order valence-electron chi connectivity index (χ0n) is 9.70. The third-order valence-corrected chi connectivity index (χ3v) is 3.27. The SMILES string of the molecule is N#CC1(C(O)c2cc(F)ccc2F)CCCOC1. The smallest absolute Gasteiger partial charge is 0.129 e. The van der Waals surface area contributed by atoms with Crippen molar-refractivity contribution in [3.8, 4) is 6.07 Å². The number of aliphatic hydroxyl groups is 1. The van der Waals surface area contributed by atoms with E-state index in [1.54, 1.807) is 0 Å². The first-order chi connectivity index (χ1) is 8.59. The van der Waals surface area contributed by atoms with Crippen molar-refractivity contribution in [2.24, 2.45) is 5.41 Å². The summed E-state index contributed by atoms with van der Waals surface area (Å²) in [6.45, 7) is 0.544. The Hall–Kier alpha value is -1.51. The van der Waals surface area contributed by atoms with Gasteiger partial charge in [0.15, 0.2) is 0 Å². The highest BCUT2D eigenvalue weighted by Crippen LogP contribution is 2.41. The summed E-state index contributed by atoms with van der Waals surface area (Å²) in [6.07, 6.45) is -0.374. The van der Waals surface area contributed by atoms with Crippen molar-refractivity contribution in [1.29, 1.82) is 5.26 Å². The first-order valence-electron chi connectivity index (χ1n) is 5.71. The molecule has 1 N–H and O–H groups in total. The van der Waals surface area contributed by atoms with Gasteiger partial charge in [-0.25, -0.2) is 8.78 Å². The van der Waals surface area contributed by atoms with Crippen LogP contribution in [0.15, 0.2) is 18.2 Å². The van der Waals surface area contributed by atoms with Gasteiger partial charge >= 0.3 is 0 Å². The molecule has 0 amide bonds. The second-order valence-corrected chi connectivity index (χ2v) is 4.49.